The highest BCUT2D eigenvalue weighted by Gasteiger charge is 2.28. The van der Waals surface area contributed by atoms with Crippen LogP contribution in [0.4, 0.5) is 0 Å². The first-order valence-corrected chi connectivity index (χ1v) is 19.2. The molecular weight excluding hydrogens is 731 g/mol. The number of nitrogens with zero attached hydrogens (tertiary/aromatic N) is 3. The van der Waals surface area contributed by atoms with Gasteiger partial charge in [-0.1, -0.05) is 162 Å². The number of benzene rings is 7. The number of hydrogen-bond acceptors (Lipinski definition) is 3. The smallest absolute Gasteiger partial charge is 0.149 e. The van der Waals surface area contributed by atoms with E-state index < -0.39 is 80.2 Å². The summed E-state index contributed by atoms with van der Waals surface area (Å²) < 4.78 is 158. The van der Waals surface area contributed by atoms with Gasteiger partial charge in [0.15, 0.2) is 0 Å². The van der Waals surface area contributed by atoms with Gasteiger partial charge in [-0.25, -0.2) is 4.98 Å². The summed E-state index contributed by atoms with van der Waals surface area (Å²) >= 11 is 0. The van der Waals surface area contributed by atoms with E-state index in [1.807, 2.05) is 121 Å². The van der Waals surface area contributed by atoms with E-state index in [1.54, 1.807) is 48.7 Å². The molecular formula is C56H49N3O. The number of aromatic nitrogens is 3. The Hall–Kier alpha value is -7.04. The van der Waals surface area contributed by atoms with Crippen LogP contribution >= 0.6 is 0 Å². The molecule has 2 heterocycles. The minimum Gasteiger partial charge on any atom is -0.507 e. The predicted octanol–water partition coefficient (Wildman–Crippen LogP) is 14.7. The third-order valence-corrected chi connectivity index (χ3v) is 10.6. The molecule has 4 nitrogen and oxygen atoms in total. The van der Waals surface area contributed by atoms with Gasteiger partial charge in [-0.05, 0) is 110 Å². The monoisotopic (exact) mass is 798 g/mol. The van der Waals surface area contributed by atoms with Gasteiger partial charge in [0.25, 0.3) is 0 Å². The van der Waals surface area contributed by atoms with E-state index in [-0.39, 0.29) is 11.0 Å². The van der Waals surface area contributed by atoms with Crippen molar-refractivity contribution in [3.63, 3.8) is 0 Å². The third-order valence-electron chi connectivity index (χ3n) is 10.6. The zero-order valence-electron chi connectivity index (χ0n) is 50.1. The number of pyridine rings is 1. The fourth-order valence-corrected chi connectivity index (χ4v) is 7.64. The van der Waals surface area contributed by atoms with Gasteiger partial charge >= 0.3 is 0 Å². The topological polar surface area (TPSA) is 50.9 Å². The van der Waals surface area contributed by atoms with E-state index in [1.165, 1.54) is 4.57 Å². The highest BCUT2D eigenvalue weighted by molar-refractivity contribution is 5.98. The molecule has 9 aromatic rings. The third kappa shape index (κ3) is 7.42. The first-order chi connectivity index (χ1) is 36.4. The standard InChI is InChI=1S/C56H49N3O/c1-55(2,3)45-35-48(53(60)49(36-45)56(4,5)6)54-58-52-47(23-16-24-51(52)59(54)46-27-25-40(26-28-46)37-17-10-7-11-18-37)43-31-42(39-21-14-9-15-22-39)32-44(33-43)50-34-41(29-30-57-50)38-19-12-8-13-20-38/h7-36,60H,1-6H3/i1D3,2D3,3D3,4D3,5D3,6D3. The first-order valence-electron chi connectivity index (χ1n) is 28.2. The molecule has 0 amide bonds. The van der Waals surface area contributed by atoms with Gasteiger partial charge in [-0.3, -0.25) is 9.55 Å². The highest BCUT2D eigenvalue weighted by Crippen LogP contribution is 2.45. The van der Waals surface area contributed by atoms with Crippen molar-refractivity contribution in [2.45, 2.75) is 51.9 Å². The van der Waals surface area contributed by atoms with Gasteiger partial charge in [-0.2, -0.15) is 0 Å². The number of phenols is 1. The van der Waals surface area contributed by atoms with Crippen LogP contribution in [0.15, 0.2) is 182 Å². The molecule has 0 saturated carbocycles. The van der Waals surface area contributed by atoms with Crippen molar-refractivity contribution in [2.24, 2.45) is 0 Å². The Morgan fingerprint density at radius 2 is 1.07 bits per heavy atom. The highest BCUT2D eigenvalue weighted by atomic mass is 16.3. The van der Waals surface area contributed by atoms with E-state index >= 15 is 0 Å². The largest absolute Gasteiger partial charge is 0.507 e. The normalized spacial score (nSPS) is 17.6. The molecule has 2 aromatic heterocycles. The van der Waals surface area contributed by atoms with Gasteiger partial charge in [-0.15, -0.1) is 0 Å². The molecule has 0 aliphatic carbocycles. The summed E-state index contributed by atoms with van der Waals surface area (Å²) in [5.41, 5.74) is -3.44. The van der Waals surface area contributed by atoms with Crippen LogP contribution in [0.5, 0.6) is 5.75 Å². The van der Waals surface area contributed by atoms with Crippen molar-refractivity contribution in [2.75, 3.05) is 0 Å². The van der Waals surface area contributed by atoms with Crippen molar-refractivity contribution < 1.29 is 29.8 Å². The molecule has 0 bridgehead atoms. The minimum absolute atomic E-state index is 0.176. The molecule has 0 aliphatic rings. The molecule has 4 heteroatoms. The molecule has 0 unspecified atom stereocenters. The van der Waals surface area contributed by atoms with Crippen molar-refractivity contribution in [1.82, 2.24) is 14.5 Å². The number of rotatable bonds is 7. The van der Waals surface area contributed by atoms with Crippen molar-refractivity contribution in [1.29, 1.82) is 0 Å². The molecule has 0 atom stereocenters. The molecule has 7 aromatic carbocycles. The zero-order chi connectivity index (χ0) is 56.6. The lowest BCUT2D eigenvalue weighted by atomic mass is 9.79. The molecule has 0 spiro atoms. The quantitative estimate of drug-likeness (QED) is 0.175. The maximum atomic E-state index is 12.8. The Morgan fingerprint density at radius 3 is 1.72 bits per heavy atom. The number of hydrogen-bond donors (Lipinski definition) is 1. The Morgan fingerprint density at radius 1 is 0.483 bits per heavy atom. The van der Waals surface area contributed by atoms with Crippen LogP contribution < -0.4 is 0 Å². The van der Waals surface area contributed by atoms with Crippen molar-refractivity contribution >= 4 is 11.0 Å². The fraction of sp³-hybridized carbons (Fsp3) is 0.143. The van der Waals surface area contributed by atoms with E-state index in [2.05, 4.69) is 0 Å². The fourth-order valence-electron chi connectivity index (χ4n) is 7.64. The molecule has 294 valence electrons. The Balaban J connectivity index is 1.44. The zero-order valence-corrected chi connectivity index (χ0v) is 32.1. The van der Waals surface area contributed by atoms with Gasteiger partial charge < -0.3 is 5.11 Å². The summed E-state index contributed by atoms with van der Waals surface area (Å²) in [5.74, 6) is -1.76. The Kier molecular flexibility index (Phi) is 5.84. The number of imidazole rings is 1. The number of fused-ring (bicyclic) bond motifs is 1. The summed E-state index contributed by atoms with van der Waals surface area (Å²) in [4.78, 5) is 9.87. The van der Waals surface area contributed by atoms with Crippen LogP contribution in [-0.4, -0.2) is 19.6 Å². The van der Waals surface area contributed by atoms with Crippen LogP contribution in [0.25, 0.3) is 83.9 Å². The van der Waals surface area contributed by atoms with Gasteiger partial charge in [0, 0.05) is 53.2 Å². The van der Waals surface area contributed by atoms with E-state index in [9.17, 15) is 5.11 Å². The van der Waals surface area contributed by atoms with E-state index in [4.69, 9.17) is 34.6 Å². The van der Waals surface area contributed by atoms with Crippen molar-refractivity contribution in [3.05, 3.63) is 193 Å². The Bertz CT molecular complexity index is 3580. The van der Waals surface area contributed by atoms with E-state index in [0.717, 1.165) is 33.4 Å². The maximum Gasteiger partial charge on any atom is 0.149 e. The second-order valence-corrected chi connectivity index (χ2v) is 14.7. The molecule has 0 radical (unpaired) electrons. The number of phenolic OH excluding ortho intramolecular Hbond substituents is 1. The molecule has 60 heavy (non-hydrogen) atoms. The lowest BCUT2D eigenvalue weighted by Crippen LogP contribution is -2.17. The molecule has 9 rings (SSSR count). The van der Waals surface area contributed by atoms with Crippen molar-refractivity contribution in [3.8, 4) is 78.6 Å². The maximum absolute atomic E-state index is 12.8. The number of para-hydroxylation sites is 1. The summed E-state index contributed by atoms with van der Waals surface area (Å²) in [7, 11) is 0. The van der Waals surface area contributed by atoms with Gasteiger partial charge in [0.2, 0.25) is 0 Å². The summed E-state index contributed by atoms with van der Waals surface area (Å²) in [6, 6.07) is 51.3. The van der Waals surface area contributed by atoms with Crippen LogP contribution in [-0.2, 0) is 10.8 Å². The average Bonchev–Trinajstić information content (AvgIpc) is 2.74. The van der Waals surface area contributed by atoms with Gasteiger partial charge in [0.05, 0.1) is 22.3 Å². The van der Waals surface area contributed by atoms with E-state index in [0.29, 0.717) is 40.2 Å². The average molecular weight is 798 g/mol. The molecule has 0 saturated heterocycles. The lowest BCUT2D eigenvalue weighted by molar-refractivity contribution is 0.446. The number of aromatic hydroxyl groups is 1. The Labute approximate surface area is 378 Å². The minimum atomic E-state index is -4.12. The second-order valence-electron chi connectivity index (χ2n) is 14.7. The summed E-state index contributed by atoms with van der Waals surface area (Å²) in [6.07, 6.45) is 1.71. The SMILES string of the molecule is [2H]C([2H])([2H])C(c1cc(-c2nc3c(-c4cc(-c5ccccc5)cc(-c5cc(-c6ccccc6)ccn5)c4)cccc3n2-c2ccc(-c3ccccc3)cc2)c(O)c(C(C([2H])([2H])[2H])(C([2H])([2H])[2H])C([2H])([2H])[2H])c1)(C([2H])([2H])[2H])C([2H])([2H])[2H]. The molecule has 0 aliphatic heterocycles. The first kappa shape index (κ1) is 22.9. The molecule has 1 N–H and O–H groups in total. The van der Waals surface area contributed by atoms with Crippen LogP contribution in [0.1, 0.15) is 76.9 Å². The van der Waals surface area contributed by atoms with Gasteiger partial charge in [0.1, 0.15) is 11.6 Å². The van der Waals surface area contributed by atoms with Crippen LogP contribution in [0.2, 0.25) is 0 Å². The second kappa shape index (κ2) is 15.3. The summed E-state index contributed by atoms with van der Waals surface area (Å²) in [5, 5.41) is 12.8. The van der Waals surface area contributed by atoms with Crippen LogP contribution in [0.3, 0.4) is 0 Å². The summed E-state index contributed by atoms with van der Waals surface area (Å²) in [6.45, 7) is -24.4. The predicted molar refractivity (Wildman–Crippen MR) is 251 cm³/mol. The molecule has 0 fully saturated rings. The lowest BCUT2D eigenvalue weighted by Gasteiger charge is -2.27. The van der Waals surface area contributed by atoms with Crippen LogP contribution in [0, 0.1) is 0 Å².